The molecule has 1 aromatic rings. The Morgan fingerprint density at radius 3 is 2.52 bits per heavy atom. The van der Waals surface area contributed by atoms with Crippen molar-refractivity contribution in [2.45, 2.75) is 59.2 Å². The van der Waals surface area contributed by atoms with Gasteiger partial charge in [-0.25, -0.2) is 0 Å². The van der Waals surface area contributed by atoms with Gasteiger partial charge in [-0.3, -0.25) is 9.59 Å². The van der Waals surface area contributed by atoms with Crippen LogP contribution >= 0.6 is 0 Å². The summed E-state index contributed by atoms with van der Waals surface area (Å²) in [6.07, 6.45) is 1.54. The number of hydrogen-bond donors (Lipinski definition) is 3. The quantitative estimate of drug-likeness (QED) is 0.687. The summed E-state index contributed by atoms with van der Waals surface area (Å²) >= 11 is 0. The average Bonchev–Trinajstić information content (AvgIpc) is 2.51. The molecule has 2 atom stereocenters. The van der Waals surface area contributed by atoms with Crippen molar-refractivity contribution in [3.05, 3.63) is 35.4 Å². The van der Waals surface area contributed by atoms with Gasteiger partial charge in [-0.1, -0.05) is 32.9 Å². The summed E-state index contributed by atoms with van der Waals surface area (Å²) in [6, 6.07) is 6.92. The van der Waals surface area contributed by atoms with E-state index in [4.69, 9.17) is 5.73 Å². The minimum absolute atomic E-state index is 0.0935. The van der Waals surface area contributed by atoms with Crippen molar-refractivity contribution in [3.63, 3.8) is 0 Å². The fraction of sp³-hybridized carbons (Fsp3) is 0.556. The lowest BCUT2D eigenvalue weighted by atomic mass is 10.0. The van der Waals surface area contributed by atoms with Gasteiger partial charge in [0.25, 0.3) is 5.91 Å². The molecule has 5 heteroatoms. The van der Waals surface area contributed by atoms with Crippen molar-refractivity contribution in [2.75, 3.05) is 0 Å². The monoisotopic (exact) mass is 319 g/mol. The molecule has 1 aromatic carbocycles. The van der Waals surface area contributed by atoms with Crippen LogP contribution < -0.4 is 16.4 Å². The Morgan fingerprint density at radius 1 is 1.22 bits per heavy atom. The van der Waals surface area contributed by atoms with Gasteiger partial charge in [-0.2, -0.15) is 0 Å². The molecule has 0 saturated heterocycles. The lowest BCUT2D eigenvalue weighted by Crippen LogP contribution is -2.41. The van der Waals surface area contributed by atoms with Gasteiger partial charge in [0, 0.05) is 18.2 Å². The lowest BCUT2D eigenvalue weighted by molar-refractivity contribution is -0.122. The Morgan fingerprint density at radius 2 is 1.91 bits per heavy atom. The highest BCUT2D eigenvalue weighted by atomic mass is 16.2. The predicted octanol–water partition coefficient (Wildman–Crippen LogP) is 2.20. The van der Waals surface area contributed by atoms with Gasteiger partial charge >= 0.3 is 0 Å². The first-order valence-electron chi connectivity index (χ1n) is 8.26. The number of rotatable bonds is 8. The van der Waals surface area contributed by atoms with E-state index in [0.29, 0.717) is 24.4 Å². The molecule has 128 valence electrons. The summed E-state index contributed by atoms with van der Waals surface area (Å²) in [5, 5.41) is 5.76. The van der Waals surface area contributed by atoms with Gasteiger partial charge in [0.05, 0.1) is 6.04 Å². The van der Waals surface area contributed by atoms with Crippen molar-refractivity contribution in [3.8, 4) is 0 Å². The summed E-state index contributed by atoms with van der Waals surface area (Å²) < 4.78 is 0. The van der Waals surface area contributed by atoms with E-state index in [-0.39, 0.29) is 17.9 Å². The van der Waals surface area contributed by atoms with Crippen LogP contribution in [0.4, 0.5) is 0 Å². The topological polar surface area (TPSA) is 84.2 Å². The molecule has 1 unspecified atom stereocenters. The van der Waals surface area contributed by atoms with Crippen LogP contribution in [0.2, 0.25) is 0 Å². The average molecular weight is 319 g/mol. The van der Waals surface area contributed by atoms with Gasteiger partial charge in [0.2, 0.25) is 5.91 Å². The van der Waals surface area contributed by atoms with Crippen molar-refractivity contribution >= 4 is 11.8 Å². The highest BCUT2D eigenvalue weighted by Gasteiger charge is 2.15. The Hall–Kier alpha value is -1.88. The number of nitrogens with two attached hydrogens (primary N) is 1. The normalized spacial score (nSPS) is 13.5. The lowest BCUT2D eigenvalue weighted by Gasteiger charge is -2.15. The molecule has 1 rings (SSSR count). The number of benzene rings is 1. The summed E-state index contributed by atoms with van der Waals surface area (Å²) in [7, 11) is 0. The van der Waals surface area contributed by atoms with Crippen molar-refractivity contribution in [1.82, 2.24) is 10.6 Å². The third-order valence-corrected chi connectivity index (χ3v) is 3.71. The van der Waals surface area contributed by atoms with Crippen LogP contribution in [0.3, 0.4) is 0 Å². The van der Waals surface area contributed by atoms with Crippen LogP contribution in [0.1, 0.15) is 56.5 Å². The zero-order chi connectivity index (χ0) is 17.4. The van der Waals surface area contributed by atoms with Gasteiger partial charge in [0.1, 0.15) is 0 Å². The molecule has 5 nitrogen and oxygen atoms in total. The van der Waals surface area contributed by atoms with Crippen molar-refractivity contribution in [1.29, 1.82) is 0 Å². The van der Waals surface area contributed by atoms with Gasteiger partial charge in [-0.15, -0.1) is 0 Å². The predicted molar refractivity (Wildman–Crippen MR) is 92.9 cm³/mol. The van der Waals surface area contributed by atoms with E-state index in [0.717, 1.165) is 12.0 Å². The molecular formula is C18H29N3O2. The standard InChI is InChI=1S/C18H29N3O2/c1-5-13(4)21-17(22)15-8-6-7-14(10-15)11-20-18(23)16(19)9-12(2)3/h6-8,10,12-13,16H,5,9,11,19H2,1-4H3,(H,20,23)(H,21,22)/t13?,16-/m0/s1. The number of amides is 2. The Kier molecular flexibility index (Phi) is 7.75. The number of hydrogen-bond acceptors (Lipinski definition) is 3. The highest BCUT2D eigenvalue weighted by Crippen LogP contribution is 2.07. The maximum absolute atomic E-state index is 12.1. The molecule has 23 heavy (non-hydrogen) atoms. The first-order chi connectivity index (χ1) is 10.8. The first kappa shape index (κ1) is 19.2. The van der Waals surface area contributed by atoms with Crippen LogP contribution in [-0.2, 0) is 11.3 Å². The smallest absolute Gasteiger partial charge is 0.251 e. The second-order valence-corrected chi connectivity index (χ2v) is 6.44. The van der Waals surface area contributed by atoms with E-state index in [2.05, 4.69) is 10.6 Å². The van der Waals surface area contributed by atoms with E-state index in [9.17, 15) is 9.59 Å². The fourth-order valence-electron chi connectivity index (χ4n) is 2.17. The van der Waals surface area contributed by atoms with Crippen LogP contribution in [0.15, 0.2) is 24.3 Å². The zero-order valence-electron chi connectivity index (χ0n) is 14.6. The summed E-state index contributed by atoms with van der Waals surface area (Å²) in [5.41, 5.74) is 7.34. The molecule has 2 amide bonds. The molecule has 0 aliphatic carbocycles. The molecule has 0 aliphatic heterocycles. The first-order valence-corrected chi connectivity index (χ1v) is 8.26. The molecule has 0 bridgehead atoms. The van der Waals surface area contributed by atoms with E-state index < -0.39 is 6.04 Å². The zero-order valence-corrected chi connectivity index (χ0v) is 14.6. The molecule has 0 spiro atoms. The molecule has 0 radical (unpaired) electrons. The van der Waals surface area contributed by atoms with Crippen molar-refractivity contribution < 1.29 is 9.59 Å². The number of carbonyl (C=O) groups is 2. The Bertz CT molecular complexity index is 529. The molecule has 0 heterocycles. The molecular weight excluding hydrogens is 290 g/mol. The third kappa shape index (κ3) is 6.82. The Labute approximate surface area is 139 Å². The molecule has 0 aliphatic rings. The Balaban J connectivity index is 2.60. The fourth-order valence-corrected chi connectivity index (χ4v) is 2.17. The van der Waals surface area contributed by atoms with Crippen molar-refractivity contribution in [2.24, 2.45) is 11.7 Å². The van der Waals surface area contributed by atoms with E-state index >= 15 is 0 Å². The second kappa shape index (κ2) is 9.30. The second-order valence-electron chi connectivity index (χ2n) is 6.44. The minimum Gasteiger partial charge on any atom is -0.351 e. The van der Waals surface area contributed by atoms with E-state index in [1.54, 1.807) is 12.1 Å². The summed E-state index contributed by atoms with van der Waals surface area (Å²) in [5.74, 6) is 0.125. The number of nitrogens with one attached hydrogen (secondary N) is 2. The minimum atomic E-state index is -0.494. The van der Waals surface area contributed by atoms with Crippen LogP contribution in [0.5, 0.6) is 0 Å². The van der Waals surface area contributed by atoms with E-state index in [1.807, 2.05) is 39.8 Å². The van der Waals surface area contributed by atoms with Gasteiger partial charge < -0.3 is 16.4 Å². The maximum atomic E-state index is 12.1. The summed E-state index contributed by atoms with van der Waals surface area (Å²) in [4.78, 5) is 24.1. The molecule has 0 fully saturated rings. The molecule has 0 aromatic heterocycles. The van der Waals surface area contributed by atoms with Crippen LogP contribution in [0.25, 0.3) is 0 Å². The van der Waals surface area contributed by atoms with Gasteiger partial charge in [-0.05, 0) is 43.4 Å². The van der Waals surface area contributed by atoms with E-state index in [1.165, 1.54) is 0 Å². The maximum Gasteiger partial charge on any atom is 0.251 e. The SMILES string of the molecule is CCC(C)NC(=O)c1cccc(CNC(=O)[C@@H](N)CC(C)C)c1. The van der Waals surface area contributed by atoms with Crippen LogP contribution in [0, 0.1) is 5.92 Å². The highest BCUT2D eigenvalue weighted by molar-refractivity contribution is 5.94. The molecule has 0 saturated carbocycles. The molecule has 4 N–H and O–H groups in total. The van der Waals surface area contributed by atoms with Crippen LogP contribution in [-0.4, -0.2) is 23.9 Å². The summed E-state index contributed by atoms with van der Waals surface area (Å²) in [6.45, 7) is 8.43. The third-order valence-electron chi connectivity index (χ3n) is 3.71. The number of carbonyl (C=O) groups excluding carboxylic acids is 2. The van der Waals surface area contributed by atoms with Gasteiger partial charge in [0.15, 0.2) is 0 Å². The largest absolute Gasteiger partial charge is 0.351 e.